The predicted octanol–water partition coefficient (Wildman–Crippen LogP) is 2.09. The SMILES string of the molecule is CC(C)C(CO)NC(=O)c1cccc(Cl)c1. The van der Waals surface area contributed by atoms with E-state index in [4.69, 9.17) is 16.7 Å². The second-order valence-corrected chi connectivity index (χ2v) is 4.45. The Balaban J connectivity index is 2.72. The summed E-state index contributed by atoms with van der Waals surface area (Å²) in [6, 6.07) is 6.50. The maximum absolute atomic E-state index is 11.8. The summed E-state index contributed by atoms with van der Waals surface area (Å²) in [6.07, 6.45) is 0. The summed E-state index contributed by atoms with van der Waals surface area (Å²) in [7, 11) is 0. The van der Waals surface area contributed by atoms with Crippen LogP contribution in [0, 0.1) is 5.92 Å². The van der Waals surface area contributed by atoms with Crippen LogP contribution in [0.2, 0.25) is 5.02 Å². The fourth-order valence-corrected chi connectivity index (χ4v) is 1.49. The molecule has 1 unspecified atom stereocenters. The molecule has 1 amide bonds. The summed E-state index contributed by atoms with van der Waals surface area (Å²) in [6.45, 7) is 3.82. The Bertz CT molecular complexity index is 366. The average Bonchev–Trinajstić information content (AvgIpc) is 2.25. The standard InChI is InChI=1S/C12H16ClNO2/c1-8(2)11(7-15)14-12(16)9-4-3-5-10(13)6-9/h3-6,8,11,15H,7H2,1-2H3,(H,14,16). The molecule has 0 aliphatic rings. The summed E-state index contributed by atoms with van der Waals surface area (Å²) in [5.41, 5.74) is 0.506. The van der Waals surface area contributed by atoms with Crippen molar-refractivity contribution in [1.29, 1.82) is 0 Å². The van der Waals surface area contributed by atoms with Crippen molar-refractivity contribution in [3.63, 3.8) is 0 Å². The maximum Gasteiger partial charge on any atom is 0.251 e. The molecule has 2 N–H and O–H groups in total. The Morgan fingerprint density at radius 3 is 2.69 bits per heavy atom. The van der Waals surface area contributed by atoms with E-state index in [1.54, 1.807) is 24.3 Å². The summed E-state index contributed by atoms with van der Waals surface area (Å²) in [4.78, 5) is 11.8. The molecule has 88 valence electrons. The van der Waals surface area contributed by atoms with Crippen LogP contribution in [0.1, 0.15) is 24.2 Å². The highest BCUT2D eigenvalue weighted by Gasteiger charge is 2.16. The van der Waals surface area contributed by atoms with Crippen molar-refractivity contribution >= 4 is 17.5 Å². The van der Waals surface area contributed by atoms with Crippen LogP contribution in [0.5, 0.6) is 0 Å². The van der Waals surface area contributed by atoms with Gasteiger partial charge < -0.3 is 10.4 Å². The Hall–Kier alpha value is -1.06. The van der Waals surface area contributed by atoms with Gasteiger partial charge in [0.2, 0.25) is 0 Å². The lowest BCUT2D eigenvalue weighted by atomic mass is 10.0. The number of aliphatic hydroxyl groups is 1. The van der Waals surface area contributed by atoms with Crippen molar-refractivity contribution in [2.75, 3.05) is 6.61 Å². The lowest BCUT2D eigenvalue weighted by Gasteiger charge is -2.19. The third-order valence-corrected chi connectivity index (χ3v) is 2.64. The molecule has 0 radical (unpaired) electrons. The van der Waals surface area contributed by atoms with Gasteiger partial charge in [0.1, 0.15) is 0 Å². The molecule has 16 heavy (non-hydrogen) atoms. The molecule has 0 saturated heterocycles. The molecule has 0 fully saturated rings. The zero-order valence-corrected chi connectivity index (χ0v) is 10.2. The molecule has 0 saturated carbocycles. The fourth-order valence-electron chi connectivity index (χ4n) is 1.30. The van der Waals surface area contributed by atoms with Crippen LogP contribution in [-0.4, -0.2) is 23.7 Å². The highest BCUT2D eigenvalue weighted by molar-refractivity contribution is 6.30. The second kappa shape index (κ2) is 5.87. The van der Waals surface area contributed by atoms with Gasteiger partial charge in [-0.1, -0.05) is 31.5 Å². The van der Waals surface area contributed by atoms with E-state index in [2.05, 4.69) is 5.32 Å². The van der Waals surface area contributed by atoms with Crippen LogP contribution in [-0.2, 0) is 0 Å². The van der Waals surface area contributed by atoms with Gasteiger partial charge >= 0.3 is 0 Å². The van der Waals surface area contributed by atoms with E-state index < -0.39 is 0 Å². The van der Waals surface area contributed by atoms with E-state index in [0.717, 1.165) is 0 Å². The van der Waals surface area contributed by atoms with Gasteiger partial charge in [-0.15, -0.1) is 0 Å². The summed E-state index contributed by atoms with van der Waals surface area (Å²) >= 11 is 5.79. The highest BCUT2D eigenvalue weighted by atomic mass is 35.5. The molecule has 1 rings (SSSR count). The zero-order chi connectivity index (χ0) is 12.1. The smallest absolute Gasteiger partial charge is 0.251 e. The molecule has 4 heteroatoms. The lowest BCUT2D eigenvalue weighted by Crippen LogP contribution is -2.41. The number of rotatable bonds is 4. The van der Waals surface area contributed by atoms with Gasteiger partial charge in [0.05, 0.1) is 12.6 Å². The molecule has 3 nitrogen and oxygen atoms in total. The van der Waals surface area contributed by atoms with Gasteiger partial charge in [0, 0.05) is 10.6 Å². The zero-order valence-electron chi connectivity index (χ0n) is 9.40. The third-order valence-electron chi connectivity index (χ3n) is 2.40. The number of hydrogen-bond donors (Lipinski definition) is 2. The fraction of sp³-hybridized carbons (Fsp3) is 0.417. The third kappa shape index (κ3) is 3.51. The molecule has 0 aliphatic heterocycles. The topological polar surface area (TPSA) is 49.3 Å². The van der Waals surface area contributed by atoms with E-state index in [0.29, 0.717) is 10.6 Å². The molecule has 0 spiro atoms. The number of nitrogens with one attached hydrogen (secondary N) is 1. The number of amides is 1. The van der Waals surface area contributed by atoms with Crippen LogP contribution in [0.4, 0.5) is 0 Å². The first-order chi connectivity index (χ1) is 7.54. The molecule has 1 aromatic rings. The Labute approximate surface area is 100 Å². The maximum atomic E-state index is 11.8. The molecule has 0 bridgehead atoms. The Kier molecular flexibility index (Phi) is 4.77. The molecule has 1 aromatic carbocycles. The van der Waals surface area contributed by atoms with Gasteiger partial charge in [-0.2, -0.15) is 0 Å². The van der Waals surface area contributed by atoms with Crippen molar-refractivity contribution in [2.24, 2.45) is 5.92 Å². The molecular formula is C12H16ClNO2. The van der Waals surface area contributed by atoms with E-state index in [1.165, 1.54) is 0 Å². The van der Waals surface area contributed by atoms with Crippen LogP contribution in [0.15, 0.2) is 24.3 Å². The minimum Gasteiger partial charge on any atom is -0.394 e. The van der Waals surface area contributed by atoms with Gasteiger partial charge in [-0.05, 0) is 24.1 Å². The minimum absolute atomic E-state index is 0.0655. The summed E-state index contributed by atoms with van der Waals surface area (Å²) in [5.74, 6) is -0.0246. The monoisotopic (exact) mass is 241 g/mol. The van der Waals surface area contributed by atoms with Crippen molar-refractivity contribution in [3.05, 3.63) is 34.9 Å². The first-order valence-corrected chi connectivity index (χ1v) is 5.59. The van der Waals surface area contributed by atoms with E-state index in [9.17, 15) is 4.79 Å². The van der Waals surface area contributed by atoms with Crippen molar-refractivity contribution < 1.29 is 9.90 Å². The largest absolute Gasteiger partial charge is 0.394 e. The van der Waals surface area contributed by atoms with Crippen molar-refractivity contribution in [2.45, 2.75) is 19.9 Å². The van der Waals surface area contributed by atoms with E-state index in [-0.39, 0.29) is 24.5 Å². The van der Waals surface area contributed by atoms with Crippen molar-refractivity contribution in [3.8, 4) is 0 Å². The highest BCUT2D eigenvalue weighted by Crippen LogP contribution is 2.11. The van der Waals surface area contributed by atoms with Crippen LogP contribution >= 0.6 is 11.6 Å². The van der Waals surface area contributed by atoms with Crippen LogP contribution in [0.25, 0.3) is 0 Å². The van der Waals surface area contributed by atoms with Gasteiger partial charge in [-0.25, -0.2) is 0 Å². The van der Waals surface area contributed by atoms with Gasteiger partial charge in [-0.3, -0.25) is 4.79 Å². The van der Waals surface area contributed by atoms with Crippen molar-refractivity contribution in [1.82, 2.24) is 5.32 Å². The molecular weight excluding hydrogens is 226 g/mol. The lowest BCUT2D eigenvalue weighted by molar-refractivity contribution is 0.0897. The van der Waals surface area contributed by atoms with E-state index in [1.807, 2.05) is 13.8 Å². The number of hydrogen-bond acceptors (Lipinski definition) is 2. The Morgan fingerprint density at radius 2 is 2.19 bits per heavy atom. The number of carbonyl (C=O) groups excluding carboxylic acids is 1. The minimum atomic E-state index is -0.230. The summed E-state index contributed by atoms with van der Waals surface area (Å²) in [5, 5.41) is 12.4. The quantitative estimate of drug-likeness (QED) is 0.848. The van der Waals surface area contributed by atoms with Crippen LogP contribution < -0.4 is 5.32 Å². The van der Waals surface area contributed by atoms with Crippen LogP contribution in [0.3, 0.4) is 0 Å². The molecule has 0 aliphatic carbocycles. The molecule has 0 aromatic heterocycles. The first-order valence-electron chi connectivity index (χ1n) is 5.22. The number of benzene rings is 1. The average molecular weight is 242 g/mol. The predicted molar refractivity (Wildman–Crippen MR) is 64.6 cm³/mol. The van der Waals surface area contributed by atoms with E-state index >= 15 is 0 Å². The molecule has 0 heterocycles. The Morgan fingerprint density at radius 1 is 1.50 bits per heavy atom. The van der Waals surface area contributed by atoms with Gasteiger partial charge in [0.15, 0.2) is 0 Å². The number of aliphatic hydroxyl groups excluding tert-OH is 1. The summed E-state index contributed by atoms with van der Waals surface area (Å²) < 4.78 is 0. The van der Waals surface area contributed by atoms with Gasteiger partial charge in [0.25, 0.3) is 5.91 Å². The second-order valence-electron chi connectivity index (χ2n) is 4.02. The number of halogens is 1. The molecule has 1 atom stereocenters. The first kappa shape index (κ1) is 13.0. The normalized spacial score (nSPS) is 12.6. The number of carbonyl (C=O) groups is 1.